The van der Waals surface area contributed by atoms with Crippen molar-refractivity contribution >= 4 is 29.9 Å². The fourth-order valence-corrected chi connectivity index (χ4v) is 3.85. The van der Waals surface area contributed by atoms with Crippen molar-refractivity contribution in [3.8, 4) is 5.75 Å². The molecule has 0 saturated carbocycles. The van der Waals surface area contributed by atoms with Gasteiger partial charge in [-0.1, -0.05) is 18.2 Å². The first-order valence-corrected chi connectivity index (χ1v) is 10.1. The highest BCUT2D eigenvalue weighted by atomic mass is 127. The molecule has 0 aliphatic carbocycles. The standard InChI is InChI=1S/C22H33N5O2.HI/c1-15-18(16(2)27(26-15)11-12-28-6)14-24-21(23-5)25-19-13-22(3,4)29-20-10-8-7-9-17(19)20;/h7-10,19H,11-14H2,1-6H3,(H2,23,24,25);1H. The molecule has 0 bridgehead atoms. The summed E-state index contributed by atoms with van der Waals surface area (Å²) < 4.78 is 13.3. The van der Waals surface area contributed by atoms with Gasteiger partial charge in [-0.15, -0.1) is 24.0 Å². The van der Waals surface area contributed by atoms with Crippen LogP contribution in [0.25, 0.3) is 0 Å². The summed E-state index contributed by atoms with van der Waals surface area (Å²) in [4.78, 5) is 4.44. The maximum Gasteiger partial charge on any atom is 0.191 e. The molecule has 0 spiro atoms. The van der Waals surface area contributed by atoms with Crippen LogP contribution in [0.15, 0.2) is 29.3 Å². The molecule has 1 aromatic carbocycles. The van der Waals surface area contributed by atoms with Crippen LogP contribution in [0.2, 0.25) is 0 Å². The summed E-state index contributed by atoms with van der Waals surface area (Å²) in [6.07, 6.45) is 0.859. The summed E-state index contributed by atoms with van der Waals surface area (Å²) in [6.45, 7) is 10.4. The number of ether oxygens (including phenoxy) is 2. The molecule has 2 aromatic rings. The van der Waals surface area contributed by atoms with Gasteiger partial charge < -0.3 is 20.1 Å². The van der Waals surface area contributed by atoms with Crippen LogP contribution < -0.4 is 15.4 Å². The monoisotopic (exact) mass is 527 g/mol. The first kappa shape index (κ1) is 24.5. The zero-order chi connectivity index (χ0) is 21.0. The number of hydrogen-bond donors (Lipinski definition) is 2. The highest BCUT2D eigenvalue weighted by Crippen LogP contribution is 2.39. The summed E-state index contributed by atoms with van der Waals surface area (Å²) in [5.74, 6) is 1.70. The van der Waals surface area contributed by atoms with Crippen LogP contribution >= 0.6 is 24.0 Å². The lowest BCUT2D eigenvalue weighted by molar-refractivity contribution is 0.0694. The minimum atomic E-state index is -0.236. The van der Waals surface area contributed by atoms with Crippen molar-refractivity contribution in [2.75, 3.05) is 20.8 Å². The average Bonchev–Trinajstić information content (AvgIpc) is 2.95. The predicted octanol–water partition coefficient (Wildman–Crippen LogP) is 3.73. The van der Waals surface area contributed by atoms with Crippen LogP contribution in [-0.2, 0) is 17.8 Å². The molecule has 0 amide bonds. The number of aromatic nitrogens is 2. The highest BCUT2D eigenvalue weighted by Gasteiger charge is 2.34. The van der Waals surface area contributed by atoms with Gasteiger partial charge in [0.05, 0.1) is 24.9 Å². The van der Waals surface area contributed by atoms with E-state index in [-0.39, 0.29) is 35.6 Å². The molecular formula is C22H34IN5O2. The van der Waals surface area contributed by atoms with Crippen molar-refractivity contribution in [3.63, 3.8) is 0 Å². The zero-order valence-corrected chi connectivity index (χ0v) is 21.1. The predicted molar refractivity (Wildman–Crippen MR) is 131 cm³/mol. The van der Waals surface area contributed by atoms with E-state index in [0.717, 1.165) is 41.6 Å². The van der Waals surface area contributed by atoms with Crippen LogP contribution in [0.3, 0.4) is 0 Å². The second kappa shape index (κ2) is 10.5. The Morgan fingerprint density at radius 2 is 2.07 bits per heavy atom. The summed E-state index contributed by atoms with van der Waals surface area (Å²) in [6, 6.07) is 8.34. The Balaban J connectivity index is 0.00000320. The molecule has 1 aliphatic rings. The minimum Gasteiger partial charge on any atom is -0.487 e. The van der Waals surface area contributed by atoms with Gasteiger partial charge in [-0.25, -0.2) is 0 Å². The zero-order valence-electron chi connectivity index (χ0n) is 18.8. The van der Waals surface area contributed by atoms with Crippen LogP contribution in [0, 0.1) is 13.8 Å². The molecule has 30 heavy (non-hydrogen) atoms. The third-order valence-electron chi connectivity index (χ3n) is 5.38. The molecule has 2 N–H and O–H groups in total. The second-order valence-corrected chi connectivity index (χ2v) is 8.09. The quantitative estimate of drug-likeness (QED) is 0.341. The largest absolute Gasteiger partial charge is 0.487 e. The van der Waals surface area contributed by atoms with Gasteiger partial charge in [0.2, 0.25) is 0 Å². The number of nitrogens with one attached hydrogen (secondary N) is 2. The fourth-order valence-electron chi connectivity index (χ4n) is 3.85. The molecule has 7 nitrogen and oxygen atoms in total. The van der Waals surface area contributed by atoms with E-state index >= 15 is 0 Å². The third kappa shape index (κ3) is 5.66. The number of halogens is 1. The summed E-state index contributed by atoms with van der Waals surface area (Å²) in [5.41, 5.74) is 4.30. The number of fused-ring (bicyclic) bond motifs is 1. The number of hydrogen-bond acceptors (Lipinski definition) is 4. The fraction of sp³-hybridized carbons (Fsp3) is 0.545. The van der Waals surface area contributed by atoms with E-state index in [4.69, 9.17) is 9.47 Å². The van der Waals surface area contributed by atoms with Gasteiger partial charge in [-0.05, 0) is 33.8 Å². The molecule has 0 radical (unpaired) electrons. The third-order valence-corrected chi connectivity index (χ3v) is 5.38. The van der Waals surface area contributed by atoms with E-state index in [1.54, 1.807) is 14.2 Å². The Morgan fingerprint density at radius 3 is 2.77 bits per heavy atom. The maximum atomic E-state index is 6.14. The molecule has 1 aromatic heterocycles. The number of para-hydroxylation sites is 1. The molecule has 1 aliphatic heterocycles. The highest BCUT2D eigenvalue weighted by molar-refractivity contribution is 14.0. The van der Waals surface area contributed by atoms with Gasteiger partial charge in [0.15, 0.2) is 5.96 Å². The van der Waals surface area contributed by atoms with Crippen LogP contribution in [0.1, 0.15) is 48.8 Å². The van der Waals surface area contributed by atoms with Crippen LogP contribution in [0.4, 0.5) is 0 Å². The van der Waals surface area contributed by atoms with Gasteiger partial charge in [0, 0.05) is 43.9 Å². The van der Waals surface area contributed by atoms with E-state index in [9.17, 15) is 0 Å². The first-order chi connectivity index (χ1) is 13.8. The van der Waals surface area contributed by atoms with Gasteiger partial charge in [-0.3, -0.25) is 9.67 Å². The Bertz CT molecular complexity index is 878. The Labute approximate surface area is 196 Å². The number of nitrogens with zero attached hydrogens (tertiary/aromatic N) is 3. The first-order valence-electron chi connectivity index (χ1n) is 10.1. The van der Waals surface area contributed by atoms with Crippen molar-refractivity contribution in [1.29, 1.82) is 0 Å². The molecule has 0 fully saturated rings. The Morgan fingerprint density at radius 1 is 1.33 bits per heavy atom. The molecule has 166 valence electrons. The van der Waals surface area contributed by atoms with Gasteiger partial charge >= 0.3 is 0 Å². The molecule has 8 heteroatoms. The SMILES string of the molecule is CN=C(NCc1c(C)nn(CCOC)c1C)NC1CC(C)(C)Oc2ccccc21.I. The smallest absolute Gasteiger partial charge is 0.191 e. The van der Waals surface area contributed by atoms with Gasteiger partial charge in [0.1, 0.15) is 11.4 Å². The molecule has 1 unspecified atom stereocenters. The number of benzene rings is 1. The van der Waals surface area contributed by atoms with Crippen LogP contribution in [-0.4, -0.2) is 42.1 Å². The van der Waals surface area contributed by atoms with Crippen molar-refractivity contribution < 1.29 is 9.47 Å². The molecule has 2 heterocycles. The van der Waals surface area contributed by atoms with Crippen molar-refractivity contribution in [1.82, 2.24) is 20.4 Å². The molecule has 3 rings (SSSR count). The van der Waals surface area contributed by atoms with E-state index in [1.807, 2.05) is 29.8 Å². The van der Waals surface area contributed by atoms with Gasteiger partial charge in [-0.2, -0.15) is 5.10 Å². The molecule has 0 saturated heterocycles. The van der Waals surface area contributed by atoms with Crippen LogP contribution in [0.5, 0.6) is 5.75 Å². The molecular weight excluding hydrogens is 493 g/mol. The summed E-state index contributed by atoms with van der Waals surface area (Å²) in [5, 5.41) is 11.7. The Kier molecular flexibility index (Phi) is 8.54. The van der Waals surface area contributed by atoms with E-state index < -0.39 is 0 Å². The lowest BCUT2D eigenvalue weighted by Crippen LogP contribution is -2.45. The van der Waals surface area contributed by atoms with Crippen molar-refractivity contribution in [3.05, 3.63) is 46.8 Å². The number of methoxy groups -OCH3 is 1. The average molecular weight is 527 g/mol. The maximum absolute atomic E-state index is 6.14. The lowest BCUT2D eigenvalue weighted by Gasteiger charge is -2.38. The number of aryl methyl sites for hydroxylation is 1. The van der Waals surface area contributed by atoms with E-state index in [2.05, 4.69) is 47.6 Å². The number of aliphatic imine (C=N–C) groups is 1. The lowest BCUT2D eigenvalue weighted by atomic mass is 9.90. The minimum absolute atomic E-state index is 0. The normalized spacial score (nSPS) is 17.5. The van der Waals surface area contributed by atoms with E-state index in [1.165, 1.54) is 5.56 Å². The molecule has 1 atom stereocenters. The van der Waals surface area contributed by atoms with Crippen molar-refractivity contribution in [2.24, 2.45) is 4.99 Å². The summed E-state index contributed by atoms with van der Waals surface area (Å²) in [7, 11) is 3.51. The summed E-state index contributed by atoms with van der Waals surface area (Å²) >= 11 is 0. The number of rotatable bonds is 6. The second-order valence-electron chi connectivity index (χ2n) is 8.09. The number of guanidine groups is 1. The van der Waals surface area contributed by atoms with Gasteiger partial charge in [0.25, 0.3) is 0 Å². The topological polar surface area (TPSA) is 72.7 Å². The Hall–Kier alpha value is -1.81. The van der Waals surface area contributed by atoms with Crippen molar-refractivity contribution in [2.45, 2.75) is 58.8 Å². The van der Waals surface area contributed by atoms with E-state index in [0.29, 0.717) is 13.2 Å².